The molecule has 0 spiro atoms. The van der Waals surface area contributed by atoms with Crippen molar-refractivity contribution >= 4 is 0 Å². The summed E-state index contributed by atoms with van der Waals surface area (Å²) < 4.78 is 1.97. The Balaban J connectivity index is 1.98. The lowest BCUT2D eigenvalue weighted by Crippen LogP contribution is -2.31. The molecule has 1 aromatic heterocycles. The summed E-state index contributed by atoms with van der Waals surface area (Å²) in [5.74, 6) is 0. The molecule has 3 nitrogen and oxygen atoms in total. The highest BCUT2D eigenvalue weighted by molar-refractivity contribution is 5.30. The number of hydrogen-bond donors (Lipinski definition) is 1. The van der Waals surface area contributed by atoms with Gasteiger partial charge in [-0.3, -0.25) is 4.68 Å². The molecule has 0 saturated heterocycles. The van der Waals surface area contributed by atoms with Crippen molar-refractivity contribution in [3.05, 3.63) is 52.8 Å². The van der Waals surface area contributed by atoms with Gasteiger partial charge in [0.2, 0.25) is 0 Å². The lowest BCUT2D eigenvalue weighted by Gasteiger charge is -2.18. The molecule has 21 heavy (non-hydrogen) atoms. The van der Waals surface area contributed by atoms with Crippen LogP contribution in [0.5, 0.6) is 0 Å². The van der Waals surface area contributed by atoms with Gasteiger partial charge in [0, 0.05) is 25.0 Å². The zero-order valence-corrected chi connectivity index (χ0v) is 13.7. The van der Waals surface area contributed by atoms with E-state index in [1.54, 1.807) is 0 Å². The van der Waals surface area contributed by atoms with Gasteiger partial charge in [0.15, 0.2) is 0 Å². The molecule has 0 aliphatic heterocycles. The molecule has 0 aliphatic carbocycles. The van der Waals surface area contributed by atoms with Crippen LogP contribution >= 0.6 is 0 Å². The SMILES string of the molecule is CCNC(CCc1ccnn1C)Cc1ccc(C)c(C)c1. The van der Waals surface area contributed by atoms with Crippen molar-refractivity contribution in [2.45, 2.75) is 46.1 Å². The van der Waals surface area contributed by atoms with Gasteiger partial charge in [-0.2, -0.15) is 5.10 Å². The summed E-state index contributed by atoms with van der Waals surface area (Å²) in [6, 6.07) is 9.45. The minimum absolute atomic E-state index is 0.520. The number of benzene rings is 1. The first-order valence-electron chi connectivity index (χ1n) is 7.86. The molecule has 2 rings (SSSR count). The topological polar surface area (TPSA) is 29.9 Å². The maximum atomic E-state index is 4.24. The van der Waals surface area contributed by atoms with Gasteiger partial charge in [0.25, 0.3) is 0 Å². The predicted octanol–water partition coefficient (Wildman–Crippen LogP) is 3.19. The summed E-state index contributed by atoms with van der Waals surface area (Å²) in [6.07, 6.45) is 5.17. The van der Waals surface area contributed by atoms with Crippen LogP contribution in [0.15, 0.2) is 30.5 Å². The molecular weight excluding hydrogens is 258 g/mol. The second-order valence-electron chi connectivity index (χ2n) is 5.86. The molecule has 2 aromatic rings. The van der Waals surface area contributed by atoms with Crippen LogP contribution in [0.25, 0.3) is 0 Å². The summed E-state index contributed by atoms with van der Waals surface area (Å²) in [4.78, 5) is 0. The van der Waals surface area contributed by atoms with Crippen molar-refractivity contribution < 1.29 is 0 Å². The third-order valence-corrected chi connectivity index (χ3v) is 4.22. The van der Waals surface area contributed by atoms with E-state index in [0.717, 1.165) is 25.8 Å². The minimum atomic E-state index is 0.520. The number of nitrogens with zero attached hydrogens (tertiary/aromatic N) is 2. The van der Waals surface area contributed by atoms with E-state index in [1.807, 2.05) is 17.9 Å². The Bertz CT molecular complexity index is 572. The monoisotopic (exact) mass is 285 g/mol. The summed E-state index contributed by atoms with van der Waals surface area (Å²) in [5, 5.41) is 7.86. The summed E-state index contributed by atoms with van der Waals surface area (Å²) in [6.45, 7) is 7.55. The molecule has 3 heteroatoms. The normalized spacial score (nSPS) is 12.6. The molecule has 1 heterocycles. The van der Waals surface area contributed by atoms with Crippen molar-refractivity contribution in [2.75, 3.05) is 6.54 Å². The van der Waals surface area contributed by atoms with Crippen molar-refractivity contribution in [2.24, 2.45) is 7.05 Å². The van der Waals surface area contributed by atoms with Gasteiger partial charge in [0.05, 0.1) is 0 Å². The van der Waals surface area contributed by atoms with E-state index >= 15 is 0 Å². The van der Waals surface area contributed by atoms with Gasteiger partial charge in [0.1, 0.15) is 0 Å². The Hall–Kier alpha value is -1.61. The van der Waals surface area contributed by atoms with Gasteiger partial charge < -0.3 is 5.32 Å². The number of nitrogens with one attached hydrogen (secondary N) is 1. The highest BCUT2D eigenvalue weighted by atomic mass is 15.2. The molecule has 0 aliphatic rings. The van der Waals surface area contributed by atoms with Crippen LogP contribution < -0.4 is 5.32 Å². The third kappa shape index (κ3) is 4.43. The second-order valence-corrected chi connectivity index (χ2v) is 5.86. The predicted molar refractivity (Wildman–Crippen MR) is 88.6 cm³/mol. The summed E-state index contributed by atoms with van der Waals surface area (Å²) in [5.41, 5.74) is 5.48. The highest BCUT2D eigenvalue weighted by Crippen LogP contribution is 2.14. The second kappa shape index (κ2) is 7.41. The maximum Gasteiger partial charge on any atom is 0.0492 e. The minimum Gasteiger partial charge on any atom is -0.314 e. The highest BCUT2D eigenvalue weighted by Gasteiger charge is 2.10. The molecule has 0 amide bonds. The Morgan fingerprint density at radius 2 is 2.00 bits per heavy atom. The van der Waals surface area contributed by atoms with E-state index in [9.17, 15) is 0 Å². The number of aromatic nitrogens is 2. The summed E-state index contributed by atoms with van der Waals surface area (Å²) in [7, 11) is 2.01. The Morgan fingerprint density at radius 1 is 1.19 bits per heavy atom. The van der Waals surface area contributed by atoms with Crippen LogP contribution in [-0.2, 0) is 19.9 Å². The van der Waals surface area contributed by atoms with Crippen LogP contribution in [0.1, 0.15) is 35.7 Å². The van der Waals surface area contributed by atoms with E-state index in [4.69, 9.17) is 0 Å². The molecule has 1 N–H and O–H groups in total. The number of rotatable bonds is 7. The van der Waals surface area contributed by atoms with Crippen LogP contribution in [0.3, 0.4) is 0 Å². The Morgan fingerprint density at radius 3 is 2.62 bits per heavy atom. The molecule has 0 bridgehead atoms. The third-order valence-electron chi connectivity index (χ3n) is 4.22. The molecule has 0 radical (unpaired) electrons. The number of aryl methyl sites for hydroxylation is 4. The van der Waals surface area contributed by atoms with Crippen molar-refractivity contribution in [1.29, 1.82) is 0 Å². The molecule has 1 aromatic carbocycles. The molecule has 0 fully saturated rings. The first kappa shape index (κ1) is 15.8. The van der Waals surface area contributed by atoms with Crippen molar-refractivity contribution in [3.63, 3.8) is 0 Å². The Kier molecular flexibility index (Phi) is 5.57. The molecule has 1 unspecified atom stereocenters. The number of hydrogen-bond acceptors (Lipinski definition) is 2. The smallest absolute Gasteiger partial charge is 0.0492 e. The van der Waals surface area contributed by atoms with E-state index in [2.05, 4.69) is 55.5 Å². The van der Waals surface area contributed by atoms with Crippen LogP contribution in [0.4, 0.5) is 0 Å². The van der Waals surface area contributed by atoms with Crippen LogP contribution in [0, 0.1) is 13.8 Å². The van der Waals surface area contributed by atoms with E-state index in [-0.39, 0.29) is 0 Å². The zero-order valence-electron chi connectivity index (χ0n) is 13.7. The van der Waals surface area contributed by atoms with Crippen molar-refractivity contribution in [3.8, 4) is 0 Å². The quantitative estimate of drug-likeness (QED) is 0.846. The van der Waals surface area contributed by atoms with E-state index < -0.39 is 0 Å². The molecular formula is C18H27N3. The fourth-order valence-corrected chi connectivity index (χ4v) is 2.75. The van der Waals surface area contributed by atoms with Gasteiger partial charge in [-0.25, -0.2) is 0 Å². The largest absolute Gasteiger partial charge is 0.314 e. The fraction of sp³-hybridized carbons (Fsp3) is 0.500. The standard InChI is InChI=1S/C18H27N3/c1-5-19-17(8-9-18-10-11-20-21(18)4)13-16-7-6-14(2)15(3)12-16/h6-7,10-12,17,19H,5,8-9,13H2,1-4H3. The first-order valence-corrected chi connectivity index (χ1v) is 7.86. The Labute approximate surface area is 128 Å². The number of likely N-dealkylation sites (N-methyl/N-ethyl adjacent to an activating group) is 1. The van der Waals surface area contributed by atoms with Gasteiger partial charge in [-0.1, -0.05) is 25.1 Å². The lowest BCUT2D eigenvalue weighted by atomic mass is 9.98. The van der Waals surface area contributed by atoms with E-state index in [0.29, 0.717) is 6.04 Å². The van der Waals surface area contributed by atoms with E-state index in [1.165, 1.54) is 22.4 Å². The van der Waals surface area contributed by atoms with Crippen LogP contribution in [0.2, 0.25) is 0 Å². The zero-order chi connectivity index (χ0) is 15.2. The van der Waals surface area contributed by atoms with Crippen molar-refractivity contribution in [1.82, 2.24) is 15.1 Å². The molecule has 0 saturated carbocycles. The van der Waals surface area contributed by atoms with Gasteiger partial charge in [-0.15, -0.1) is 0 Å². The molecule has 1 atom stereocenters. The maximum absolute atomic E-state index is 4.24. The lowest BCUT2D eigenvalue weighted by molar-refractivity contribution is 0.483. The first-order chi connectivity index (χ1) is 10.1. The summed E-state index contributed by atoms with van der Waals surface area (Å²) >= 11 is 0. The fourth-order valence-electron chi connectivity index (χ4n) is 2.75. The van der Waals surface area contributed by atoms with Gasteiger partial charge >= 0.3 is 0 Å². The average Bonchev–Trinajstić information content (AvgIpc) is 2.86. The van der Waals surface area contributed by atoms with Gasteiger partial charge in [-0.05, 0) is 62.4 Å². The molecule has 114 valence electrons. The van der Waals surface area contributed by atoms with Crippen LogP contribution in [-0.4, -0.2) is 22.4 Å². The average molecular weight is 285 g/mol.